The van der Waals surface area contributed by atoms with E-state index in [0.717, 1.165) is 24.0 Å². The number of hydrogen-bond donors (Lipinski definition) is 2. The Hall–Kier alpha value is -2.34. The van der Waals surface area contributed by atoms with E-state index >= 15 is 0 Å². The molecule has 0 bridgehead atoms. The molecule has 1 saturated carbocycles. The number of aromatic nitrogens is 2. The van der Waals surface area contributed by atoms with E-state index in [2.05, 4.69) is 15.7 Å². The molecule has 7 heteroatoms. The van der Waals surface area contributed by atoms with Gasteiger partial charge in [-0.25, -0.2) is 4.68 Å². The van der Waals surface area contributed by atoms with Crippen molar-refractivity contribution in [2.45, 2.75) is 51.1 Å². The molecule has 2 heterocycles. The Morgan fingerprint density at radius 2 is 1.96 bits per heavy atom. The Morgan fingerprint density at radius 1 is 1.22 bits per heavy atom. The van der Waals surface area contributed by atoms with Gasteiger partial charge >= 0.3 is 0 Å². The third kappa shape index (κ3) is 4.00. The molecule has 4 rings (SSSR count). The SMILES string of the molecule is O=C(C[C@@H]1Cn2ncc(-c3ccc(Cl)cc3)c2NC1=O)NC1CCCCC1. The summed E-state index contributed by atoms with van der Waals surface area (Å²) in [5, 5.41) is 11.1. The first-order chi connectivity index (χ1) is 13.1. The molecule has 2 aromatic rings. The summed E-state index contributed by atoms with van der Waals surface area (Å²) in [6, 6.07) is 7.68. The molecular weight excluding hydrogens is 364 g/mol. The van der Waals surface area contributed by atoms with Crippen molar-refractivity contribution in [1.29, 1.82) is 0 Å². The molecule has 2 N–H and O–H groups in total. The van der Waals surface area contributed by atoms with E-state index in [-0.39, 0.29) is 24.3 Å². The van der Waals surface area contributed by atoms with Crippen molar-refractivity contribution in [2.24, 2.45) is 5.92 Å². The summed E-state index contributed by atoms with van der Waals surface area (Å²) in [4.78, 5) is 24.9. The first-order valence-electron chi connectivity index (χ1n) is 9.52. The van der Waals surface area contributed by atoms with Crippen molar-refractivity contribution >= 4 is 29.2 Å². The van der Waals surface area contributed by atoms with Gasteiger partial charge < -0.3 is 10.6 Å². The molecule has 0 unspecified atom stereocenters. The van der Waals surface area contributed by atoms with E-state index in [4.69, 9.17) is 11.6 Å². The number of rotatable bonds is 4. The van der Waals surface area contributed by atoms with Crippen LogP contribution in [0.2, 0.25) is 5.02 Å². The highest BCUT2D eigenvalue weighted by atomic mass is 35.5. The van der Waals surface area contributed by atoms with Gasteiger partial charge in [-0.2, -0.15) is 5.10 Å². The number of carbonyl (C=O) groups is 2. The molecule has 2 aliphatic rings. The van der Waals surface area contributed by atoms with Crippen LogP contribution in [-0.2, 0) is 16.1 Å². The maximum absolute atomic E-state index is 12.6. The van der Waals surface area contributed by atoms with Crippen molar-refractivity contribution in [1.82, 2.24) is 15.1 Å². The van der Waals surface area contributed by atoms with Crippen LogP contribution in [-0.4, -0.2) is 27.6 Å². The van der Waals surface area contributed by atoms with Gasteiger partial charge in [-0.1, -0.05) is 43.0 Å². The number of halogens is 1. The number of hydrogen-bond acceptors (Lipinski definition) is 3. The molecule has 1 aliphatic carbocycles. The number of carbonyl (C=O) groups excluding carboxylic acids is 2. The van der Waals surface area contributed by atoms with E-state index < -0.39 is 5.92 Å². The zero-order valence-corrected chi connectivity index (χ0v) is 15.8. The zero-order valence-electron chi connectivity index (χ0n) is 15.1. The number of benzene rings is 1. The second-order valence-corrected chi connectivity index (χ2v) is 7.83. The Morgan fingerprint density at radius 3 is 2.70 bits per heavy atom. The number of fused-ring (bicyclic) bond motifs is 1. The number of amides is 2. The third-order valence-corrected chi connectivity index (χ3v) is 5.65. The van der Waals surface area contributed by atoms with Gasteiger partial charge in [-0.15, -0.1) is 0 Å². The van der Waals surface area contributed by atoms with Gasteiger partial charge in [-0.05, 0) is 30.5 Å². The first kappa shape index (κ1) is 18.0. The summed E-state index contributed by atoms with van der Waals surface area (Å²) in [6.45, 7) is 0.410. The first-order valence-corrected chi connectivity index (χ1v) is 9.90. The molecule has 1 aromatic carbocycles. The van der Waals surface area contributed by atoms with E-state index in [9.17, 15) is 9.59 Å². The average Bonchev–Trinajstić information content (AvgIpc) is 3.06. The van der Waals surface area contributed by atoms with Crippen LogP contribution in [0.4, 0.5) is 5.82 Å². The fourth-order valence-corrected chi connectivity index (χ4v) is 4.05. The van der Waals surface area contributed by atoms with Gasteiger partial charge in [0.1, 0.15) is 5.82 Å². The van der Waals surface area contributed by atoms with Crippen LogP contribution in [0.15, 0.2) is 30.5 Å². The molecule has 0 radical (unpaired) electrons. The molecule has 1 atom stereocenters. The van der Waals surface area contributed by atoms with Crippen molar-refractivity contribution < 1.29 is 9.59 Å². The minimum atomic E-state index is -0.404. The van der Waals surface area contributed by atoms with Crippen molar-refractivity contribution in [2.75, 3.05) is 5.32 Å². The summed E-state index contributed by atoms with van der Waals surface area (Å²) < 4.78 is 1.77. The van der Waals surface area contributed by atoms with Crippen LogP contribution < -0.4 is 10.6 Å². The van der Waals surface area contributed by atoms with Crippen molar-refractivity contribution in [3.8, 4) is 11.1 Å². The smallest absolute Gasteiger partial charge is 0.231 e. The number of anilines is 1. The largest absolute Gasteiger partial charge is 0.353 e. The number of nitrogens with zero attached hydrogens (tertiary/aromatic N) is 2. The lowest BCUT2D eigenvalue weighted by Gasteiger charge is -2.26. The highest BCUT2D eigenvalue weighted by molar-refractivity contribution is 6.30. The molecule has 1 fully saturated rings. The van der Waals surface area contributed by atoms with E-state index in [1.165, 1.54) is 19.3 Å². The Balaban J connectivity index is 1.43. The van der Waals surface area contributed by atoms with E-state index in [1.54, 1.807) is 10.9 Å². The minimum Gasteiger partial charge on any atom is -0.353 e. The van der Waals surface area contributed by atoms with E-state index in [1.807, 2.05) is 24.3 Å². The number of nitrogens with one attached hydrogen (secondary N) is 2. The summed E-state index contributed by atoms with van der Waals surface area (Å²) in [7, 11) is 0. The maximum atomic E-state index is 12.6. The lowest BCUT2D eigenvalue weighted by atomic mass is 9.94. The Labute approximate surface area is 163 Å². The van der Waals surface area contributed by atoms with Crippen LogP contribution in [0.5, 0.6) is 0 Å². The minimum absolute atomic E-state index is 0.0458. The molecule has 0 spiro atoms. The van der Waals surface area contributed by atoms with Gasteiger partial charge in [0.25, 0.3) is 0 Å². The Bertz CT molecular complexity index is 840. The molecule has 142 valence electrons. The fraction of sp³-hybridized carbons (Fsp3) is 0.450. The topological polar surface area (TPSA) is 76.0 Å². The molecule has 1 aliphatic heterocycles. The fourth-order valence-electron chi connectivity index (χ4n) is 3.92. The summed E-state index contributed by atoms with van der Waals surface area (Å²) >= 11 is 5.95. The molecule has 0 saturated heterocycles. The van der Waals surface area contributed by atoms with Gasteiger partial charge in [-0.3, -0.25) is 9.59 Å². The zero-order chi connectivity index (χ0) is 18.8. The van der Waals surface area contributed by atoms with Gasteiger partial charge in [0.15, 0.2) is 0 Å². The molecular formula is C20H23ClN4O2. The van der Waals surface area contributed by atoms with Crippen molar-refractivity contribution in [3.05, 3.63) is 35.5 Å². The maximum Gasteiger partial charge on any atom is 0.231 e. The predicted molar refractivity (Wildman–Crippen MR) is 104 cm³/mol. The highest BCUT2D eigenvalue weighted by Gasteiger charge is 2.31. The third-order valence-electron chi connectivity index (χ3n) is 5.40. The van der Waals surface area contributed by atoms with Gasteiger partial charge in [0, 0.05) is 23.0 Å². The highest BCUT2D eigenvalue weighted by Crippen LogP contribution is 2.32. The standard InChI is InChI=1S/C20H23ClN4O2/c21-15-8-6-13(7-9-15)17-11-22-25-12-14(20(27)24-19(17)25)10-18(26)23-16-4-2-1-3-5-16/h6-9,11,14,16H,1-5,10,12H2,(H,23,26)(H,24,27)/t14-/m1/s1. The summed E-state index contributed by atoms with van der Waals surface area (Å²) in [5.74, 6) is 0.0953. The molecule has 27 heavy (non-hydrogen) atoms. The monoisotopic (exact) mass is 386 g/mol. The second kappa shape index (κ2) is 7.72. The van der Waals surface area contributed by atoms with Gasteiger partial charge in [0.05, 0.1) is 18.7 Å². The lowest BCUT2D eigenvalue weighted by Crippen LogP contribution is -2.41. The second-order valence-electron chi connectivity index (χ2n) is 7.39. The van der Waals surface area contributed by atoms with E-state index in [0.29, 0.717) is 17.4 Å². The summed E-state index contributed by atoms with van der Waals surface area (Å²) in [6.07, 6.45) is 7.58. The summed E-state index contributed by atoms with van der Waals surface area (Å²) in [5.41, 5.74) is 1.79. The predicted octanol–water partition coefficient (Wildman–Crippen LogP) is 3.61. The molecule has 2 amide bonds. The molecule has 1 aromatic heterocycles. The molecule has 6 nitrogen and oxygen atoms in total. The normalized spacial score (nSPS) is 20.0. The van der Waals surface area contributed by atoms with Crippen LogP contribution >= 0.6 is 11.6 Å². The van der Waals surface area contributed by atoms with Crippen LogP contribution in [0.1, 0.15) is 38.5 Å². The van der Waals surface area contributed by atoms with Crippen LogP contribution in [0, 0.1) is 5.92 Å². The quantitative estimate of drug-likeness (QED) is 0.842. The lowest BCUT2D eigenvalue weighted by molar-refractivity contribution is -0.128. The average molecular weight is 387 g/mol. The van der Waals surface area contributed by atoms with Crippen LogP contribution in [0.3, 0.4) is 0 Å². The van der Waals surface area contributed by atoms with Crippen molar-refractivity contribution in [3.63, 3.8) is 0 Å². The van der Waals surface area contributed by atoms with Gasteiger partial charge in [0.2, 0.25) is 11.8 Å². The van der Waals surface area contributed by atoms with Crippen LogP contribution in [0.25, 0.3) is 11.1 Å². The Kier molecular flexibility index (Phi) is 5.16.